The molecule has 0 aliphatic heterocycles. The van der Waals surface area contributed by atoms with Gasteiger partial charge >= 0.3 is 0 Å². The van der Waals surface area contributed by atoms with E-state index in [2.05, 4.69) is 15.7 Å². The first-order valence-electron chi connectivity index (χ1n) is 5.67. The van der Waals surface area contributed by atoms with E-state index in [1.54, 1.807) is 7.05 Å². The van der Waals surface area contributed by atoms with Crippen molar-refractivity contribution >= 4 is 5.91 Å². The van der Waals surface area contributed by atoms with E-state index in [0.29, 0.717) is 6.54 Å². The van der Waals surface area contributed by atoms with Gasteiger partial charge in [-0.15, -0.1) is 0 Å². The van der Waals surface area contributed by atoms with Gasteiger partial charge in [-0.25, -0.2) is 0 Å². The van der Waals surface area contributed by atoms with Crippen LogP contribution in [0.3, 0.4) is 0 Å². The summed E-state index contributed by atoms with van der Waals surface area (Å²) in [7, 11) is 3.63. The lowest BCUT2D eigenvalue weighted by Gasteiger charge is -2.23. The number of aryl methyl sites for hydroxylation is 1. The summed E-state index contributed by atoms with van der Waals surface area (Å²) in [6.07, 6.45) is 5.23. The zero-order valence-corrected chi connectivity index (χ0v) is 9.79. The summed E-state index contributed by atoms with van der Waals surface area (Å²) in [4.78, 5) is 11.2. The van der Waals surface area contributed by atoms with E-state index in [-0.39, 0.29) is 11.9 Å². The lowest BCUT2D eigenvalue weighted by atomic mass is 9.93. The molecule has 0 bridgehead atoms. The van der Waals surface area contributed by atoms with Crippen LogP contribution in [0.25, 0.3) is 0 Å². The minimum absolute atomic E-state index is 0.0241. The molecule has 2 N–H and O–H groups in total. The third kappa shape index (κ3) is 2.09. The molecule has 0 aromatic carbocycles. The molecule has 1 aliphatic rings. The second-order valence-electron chi connectivity index (χ2n) is 4.17. The molecular formula is C11H18N4O. The van der Waals surface area contributed by atoms with Crippen molar-refractivity contribution in [2.45, 2.75) is 25.3 Å². The van der Waals surface area contributed by atoms with E-state index in [4.69, 9.17) is 0 Å². The monoisotopic (exact) mass is 222 g/mol. The Labute approximate surface area is 95.2 Å². The summed E-state index contributed by atoms with van der Waals surface area (Å²) in [5, 5.41) is 10.2. The van der Waals surface area contributed by atoms with Crippen LogP contribution in [0, 0.1) is 0 Å². The summed E-state index contributed by atoms with van der Waals surface area (Å²) < 4.78 is 1.93. The second kappa shape index (κ2) is 4.65. The quantitative estimate of drug-likeness (QED) is 0.764. The smallest absolute Gasteiger partial charge is 0.233 e. The third-order valence-corrected chi connectivity index (χ3v) is 3.16. The SMILES string of the molecule is CNC(=O)CNC1CCCc2c1cnn2C. The van der Waals surface area contributed by atoms with Crippen LogP contribution in [-0.2, 0) is 18.3 Å². The molecule has 0 spiro atoms. The van der Waals surface area contributed by atoms with Gasteiger partial charge in [0.1, 0.15) is 0 Å². The fourth-order valence-electron chi connectivity index (χ4n) is 2.22. The number of carbonyl (C=O) groups excluding carboxylic acids is 1. The lowest BCUT2D eigenvalue weighted by molar-refractivity contribution is -0.119. The van der Waals surface area contributed by atoms with Gasteiger partial charge in [0.25, 0.3) is 0 Å². The van der Waals surface area contributed by atoms with Crippen molar-refractivity contribution in [2.24, 2.45) is 7.05 Å². The molecule has 0 radical (unpaired) electrons. The van der Waals surface area contributed by atoms with Crippen molar-refractivity contribution in [1.29, 1.82) is 0 Å². The minimum Gasteiger partial charge on any atom is -0.358 e. The molecule has 0 saturated carbocycles. The van der Waals surface area contributed by atoms with Gasteiger partial charge in [0.05, 0.1) is 12.7 Å². The maximum absolute atomic E-state index is 11.2. The van der Waals surface area contributed by atoms with Crippen molar-refractivity contribution in [3.63, 3.8) is 0 Å². The first-order chi connectivity index (χ1) is 7.72. The van der Waals surface area contributed by atoms with Crippen LogP contribution < -0.4 is 10.6 Å². The Morgan fingerprint density at radius 1 is 1.69 bits per heavy atom. The van der Waals surface area contributed by atoms with Gasteiger partial charge in [0, 0.05) is 31.4 Å². The fourth-order valence-corrected chi connectivity index (χ4v) is 2.22. The zero-order valence-electron chi connectivity index (χ0n) is 9.79. The van der Waals surface area contributed by atoms with E-state index in [9.17, 15) is 4.79 Å². The van der Waals surface area contributed by atoms with Gasteiger partial charge in [-0.2, -0.15) is 5.10 Å². The fraction of sp³-hybridized carbons (Fsp3) is 0.636. The number of carbonyl (C=O) groups is 1. The van der Waals surface area contributed by atoms with Crippen LogP contribution in [0.15, 0.2) is 6.20 Å². The molecular weight excluding hydrogens is 204 g/mol. The highest BCUT2D eigenvalue weighted by Gasteiger charge is 2.23. The van der Waals surface area contributed by atoms with Gasteiger partial charge in [-0.05, 0) is 19.3 Å². The second-order valence-corrected chi connectivity index (χ2v) is 4.17. The Hall–Kier alpha value is -1.36. The number of likely N-dealkylation sites (N-methyl/N-ethyl adjacent to an activating group) is 1. The summed E-state index contributed by atoms with van der Waals surface area (Å²) in [5.41, 5.74) is 2.54. The molecule has 1 unspecified atom stereocenters. The predicted molar refractivity (Wildman–Crippen MR) is 61.0 cm³/mol. The third-order valence-electron chi connectivity index (χ3n) is 3.16. The molecule has 1 aromatic heterocycles. The molecule has 16 heavy (non-hydrogen) atoms. The van der Waals surface area contributed by atoms with Crippen molar-refractivity contribution in [3.05, 3.63) is 17.5 Å². The average Bonchev–Trinajstić information content (AvgIpc) is 2.69. The first kappa shape index (κ1) is 11.1. The highest BCUT2D eigenvalue weighted by molar-refractivity contribution is 5.77. The van der Waals surface area contributed by atoms with E-state index in [1.165, 1.54) is 11.3 Å². The molecule has 1 amide bonds. The molecule has 0 fully saturated rings. The van der Waals surface area contributed by atoms with Crippen LogP contribution in [0.5, 0.6) is 0 Å². The van der Waals surface area contributed by atoms with Crippen LogP contribution in [0.1, 0.15) is 30.1 Å². The summed E-state index contributed by atoms with van der Waals surface area (Å²) in [6.45, 7) is 0.371. The molecule has 5 nitrogen and oxygen atoms in total. The standard InChI is InChI=1S/C11H18N4O/c1-12-11(16)7-13-9-4-3-5-10-8(9)6-14-15(10)2/h6,9,13H,3-5,7H2,1-2H3,(H,12,16). The topological polar surface area (TPSA) is 59.0 Å². The number of amides is 1. The Morgan fingerprint density at radius 2 is 2.50 bits per heavy atom. The van der Waals surface area contributed by atoms with Crippen molar-refractivity contribution in [3.8, 4) is 0 Å². The van der Waals surface area contributed by atoms with Crippen LogP contribution in [0.2, 0.25) is 0 Å². The van der Waals surface area contributed by atoms with Gasteiger partial charge in [0.2, 0.25) is 5.91 Å². The predicted octanol–water partition coefficient (Wildman–Crippen LogP) is 0.133. The van der Waals surface area contributed by atoms with E-state index < -0.39 is 0 Å². The number of hydrogen-bond acceptors (Lipinski definition) is 3. The molecule has 1 atom stereocenters. The minimum atomic E-state index is 0.0241. The van der Waals surface area contributed by atoms with Gasteiger partial charge in [0.15, 0.2) is 0 Å². The first-order valence-corrected chi connectivity index (χ1v) is 5.67. The Bertz CT molecular complexity index is 385. The lowest BCUT2D eigenvalue weighted by Crippen LogP contribution is -2.35. The maximum atomic E-state index is 11.2. The van der Waals surface area contributed by atoms with E-state index in [1.807, 2.05) is 17.9 Å². The summed E-state index contributed by atoms with van der Waals surface area (Å²) in [5.74, 6) is 0.0241. The largest absolute Gasteiger partial charge is 0.358 e. The van der Waals surface area contributed by atoms with Crippen LogP contribution in [-0.4, -0.2) is 29.3 Å². The van der Waals surface area contributed by atoms with Gasteiger partial charge in [-0.1, -0.05) is 0 Å². The van der Waals surface area contributed by atoms with Gasteiger partial charge in [-0.3, -0.25) is 9.48 Å². The number of hydrogen-bond donors (Lipinski definition) is 2. The van der Waals surface area contributed by atoms with E-state index >= 15 is 0 Å². The molecule has 2 rings (SSSR count). The summed E-state index contributed by atoms with van der Waals surface area (Å²) >= 11 is 0. The number of aromatic nitrogens is 2. The highest BCUT2D eigenvalue weighted by Crippen LogP contribution is 2.28. The molecule has 1 heterocycles. The number of rotatable bonds is 3. The molecule has 88 valence electrons. The van der Waals surface area contributed by atoms with Crippen LogP contribution in [0.4, 0.5) is 0 Å². The number of nitrogens with zero attached hydrogens (tertiary/aromatic N) is 2. The normalized spacial score (nSPS) is 19.2. The Balaban J connectivity index is 2.04. The number of nitrogens with one attached hydrogen (secondary N) is 2. The highest BCUT2D eigenvalue weighted by atomic mass is 16.1. The molecule has 1 aromatic rings. The van der Waals surface area contributed by atoms with Crippen LogP contribution >= 0.6 is 0 Å². The zero-order chi connectivity index (χ0) is 11.5. The average molecular weight is 222 g/mol. The van der Waals surface area contributed by atoms with Crippen molar-refractivity contribution in [2.75, 3.05) is 13.6 Å². The molecule has 0 saturated heterocycles. The summed E-state index contributed by atoms with van der Waals surface area (Å²) in [6, 6.07) is 0.273. The number of fused-ring (bicyclic) bond motifs is 1. The maximum Gasteiger partial charge on any atom is 0.233 e. The molecule has 1 aliphatic carbocycles. The Morgan fingerprint density at radius 3 is 3.25 bits per heavy atom. The Kier molecular flexibility index (Phi) is 3.24. The van der Waals surface area contributed by atoms with Crippen molar-refractivity contribution in [1.82, 2.24) is 20.4 Å². The van der Waals surface area contributed by atoms with E-state index in [0.717, 1.165) is 19.3 Å². The molecule has 5 heteroatoms. The van der Waals surface area contributed by atoms with Crippen molar-refractivity contribution < 1.29 is 4.79 Å². The van der Waals surface area contributed by atoms with Gasteiger partial charge < -0.3 is 10.6 Å².